The van der Waals surface area contributed by atoms with Crippen molar-refractivity contribution in [3.63, 3.8) is 0 Å². The highest BCUT2D eigenvalue weighted by Crippen LogP contribution is 2.53. The topological polar surface area (TPSA) is 40.5 Å². The lowest BCUT2D eigenvalue weighted by atomic mass is 9.94. The molecule has 0 saturated heterocycles. The highest BCUT2D eigenvalue weighted by Gasteiger charge is 2.54. The van der Waals surface area contributed by atoms with E-state index in [2.05, 4.69) is 0 Å². The third kappa shape index (κ3) is 1.64. The van der Waals surface area contributed by atoms with E-state index in [4.69, 9.17) is 5.11 Å². The Bertz CT molecular complexity index is 361. The van der Waals surface area contributed by atoms with Gasteiger partial charge in [-0.25, -0.2) is 8.78 Å². The highest BCUT2D eigenvalue weighted by atomic mass is 19.1. The van der Waals surface area contributed by atoms with Crippen molar-refractivity contribution in [2.45, 2.75) is 11.8 Å². The first kappa shape index (κ1) is 10.5. The fourth-order valence-electron chi connectivity index (χ4n) is 2.10. The summed E-state index contributed by atoms with van der Waals surface area (Å²) >= 11 is 0. The molecule has 1 fully saturated rings. The van der Waals surface area contributed by atoms with Crippen LogP contribution in [-0.2, 0) is 5.41 Å². The van der Waals surface area contributed by atoms with Gasteiger partial charge in [-0.05, 0) is 30.0 Å². The second-order valence-corrected chi connectivity index (χ2v) is 4.06. The molecule has 0 amide bonds. The lowest BCUT2D eigenvalue weighted by Gasteiger charge is -2.14. The number of hydrogen-bond donors (Lipinski definition) is 2. The van der Waals surface area contributed by atoms with Gasteiger partial charge in [0.1, 0.15) is 11.6 Å². The zero-order valence-corrected chi connectivity index (χ0v) is 8.08. The number of aliphatic hydroxyl groups is 2. The molecule has 1 aliphatic carbocycles. The Morgan fingerprint density at radius 1 is 1.20 bits per heavy atom. The first-order valence-electron chi connectivity index (χ1n) is 4.80. The van der Waals surface area contributed by atoms with Gasteiger partial charge in [-0.2, -0.15) is 0 Å². The summed E-state index contributed by atoms with van der Waals surface area (Å²) in [6.45, 7) is -0.264. The van der Waals surface area contributed by atoms with Crippen LogP contribution in [0.3, 0.4) is 0 Å². The first-order chi connectivity index (χ1) is 7.12. The van der Waals surface area contributed by atoms with E-state index in [-0.39, 0.29) is 19.1 Å². The lowest BCUT2D eigenvalue weighted by Crippen LogP contribution is -2.17. The van der Waals surface area contributed by atoms with E-state index in [1.807, 2.05) is 0 Å². The molecule has 15 heavy (non-hydrogen) atoms. The average Bonchev–Trinajstić information content (AvgIpc) is 2.91. The molecule has 0 radical (unpaired) electrons. The number of halogens is 2. The molecule has 2 N–H and O–H groups in total. The van der Waals surface area contributed by atoms with E-state index in [1.54, 1.807) is 0 Å². The van der Waals surface area contributed by atoms with Crippen LogP contribution in [0.5, 0.6) is 0 Å². The van der Waals surface area contributed by atoms with Crippen LogP contribution in [-0.4, -0.2) is 23.4 Å². The van der Waals surface area contributed by atoms with Gasteiger partial charge in [0.2, 0.25) is 0 Å². The van der Waals surface area contributed by atoms with Crippen LogP contribution in [0, 0.1) is 17.6 Å². The predicted molar refractivity (Wildman–Crippen MR) is 50.3 cm³/mol. The molecule has 0 unspecified atom stereocenters. The summed E-state index contributed by atoms with van der Waals surface area (Å²) in [6.07, 6.45) is 0.572. The Morgan fingerprint density at radius 2 is 1.80 bits per heavy atom. The maximum atomic E-state index is 13.0. The van der Waals surface area contributed by atoms with E-state index in [9.17, 15) is 13.9 Å². The summed E-state index contributed by atoms with van der Waals surface area (Å²) < 4.78 is 25.9. The summed E-state index contributed by atoms with van der Waals surface area (Å²) in [5.74, 6) is -1.40. The smallest absolute Gasteiger partial charge is 0.126 e. The average molecular weight is 214 g/mol. The van der Waals surface area contributed by atoms with Gasteiger partial charge >= 0.3 is 0 Å². The fraction of sp³-hybridized carbons (Fsp3) is 0.455. The van der Waals surface area contributed by atoms with Crippen LogP contribution >= 0.6 is 0 Å². The van der Waals surface area contributed by atoms with Crippen molar-refractivity contribution in [3.8, 4) is 0 Å². The molecule has 0 spiro atoms. The third-order valence-corrected chi connectivity index (χ3v) is 3.17. The maximum Gasteiger partial charge on any atom is 0.126 e. The Kier molecular flexibility index (Phi) is 2.48. The third-order valence-electron chi connectivity index (χ3n) is 3.17. The summed E-state index contributed by atoms with van der Waals surface area (Å²) in [7, 11) is 0. The van der Waals surface area contributed by atoms with E-state index in [0.717, 1.165) is 6.07 Å². The number of hydrogen-bond acceptors (Lipinski definition) is 2. The Labute approximate surface area is 86.2 Å². The predicted octanol–water partition coefficient (Wildman–Crippen LogP) is 1.21. The van der Waals surface area contributed by atoms with Crippen LogP contribution in [0.15, 0.2) is 18.2 Å². The van der Waals surface area contributed by atoms with Gasteiger partial charge in [0.05, 0.1) is 6.61 Å². The summed E-state index contributed by atoms with van der Waals surface area (Å²) in [5, 5.41) is 18.2. The normalized spacial score (nSPS) is 29.2. The van der Waals surface area contributed by atoms with Crippen molar-refractivity contribution in [1.29, 1.82) is 0 Å². The van der Waals surface area contributed by atoms with Gasteiger partial charge in [-0.1, -0.05) is 0 Å². The fourth-order valence-corrected chi connectivity index (χ4v) is 2.10. The minimum Gasteiger partial charge on any atom is -0.396 e. The van der Waals surface area contributed by atoms with Crippen LogP contribution in [0.1, 0.15) is 12.0 Å². The number of rotatable bonds is 3. The molecule has 2 rings (SSSR count). The second kappa shape index (κ2) is 3.54. The van der Waals surface area contributed by atoms with Crippen molar-refractivity contribution in [3.05, 3.63) is 35.4 Å². The van der Waals surface area contributed by atoms with Crippen molar-refractivity contribution >= 4 is 0 Å². The molecule has 1 aromatic rings. The summed E-state index contributed by atoms with van der Waals surface area (Å²) in [5.41, 5.74) is -0.209. The Morgan fingerprint density at radius 3 is 2.20 bits per heavy atom. The molecular weight excluding hydrogens is 202 g/mol. The summed E-state index contributed by atoms with van der Waals surface area (Å²) in [4.78, 5) is 0. The van der Waals surface area contributed by atoms with Crippen LogP contribution < -0.4 is 0 Å². The first-order valence-corrected chi connectivity index (χ1v) is 4.80. The van der Waals surface area contributed by atoms with E-state index in [1.165, 1.54) is 12.1 Å². The van der Waals surface area contributed by atoms with Gasteiger partial charge in [0, 0.05) is 18.1 Å². The number of aliphatic hydroxyl groups excluding tert-OH is 2. The molecule has 2 nitrogen and oxygen atoms in total. The van der Waals surface area contributed by atoms with Gasteiger partial charge in [0.25, 0.3) is 0 Å². The minimum absolute atomic E-state index is 0.0707. The minimum atomic E-state index is -0.651. The van der Waals surface area contributed by atoms with E-state index < -0.39 is 17.0 Å². The molecule has 1 aromatic carbocycles. The lowest BCUT2D eigenvalue weighted by molar-refractivity contribution is 0.213. The number of benzene rings is 1. The molecule has 1 aliphatic rings. The second-order valence-electron chi connectivity index (χ2n) is 4.06. The van der Waals surface area contributed by atoms with E-state index in [0.29, 0.717) is 12.0 Å². The molecule has 2 atom stereocenters. The zero-order chi connectivity index (χ0) is 11.1. The maximum absolute atomic E-state index is 13.0. The van der Waals surface area contributed by atoms with Gasteiger partial charge < -0.3 is 10.2 Å². The SMILES string of the molecule is OC[C@@H]1C[C@@]1(CO)c1cc(F)cc(F)c1. The van der Waals surface area contributed by atoms with Crippen molar-refractivity contribution in [2.75, 3.05) is 13.2 Å². The molecular formula is C11H12F2O2. The monoisotopic (exact) mass is 214 g/mol. The quantitative estimate of drug-likeness (QED) is 0.793. The van der Waals surface area contributed by atoms with Gasteiger partial charge in [-0.3, -0.25) is 0 Å². The Hall–Kier alpha value is -1.00. The van der Waals surface area contributed by atoms with Crippen molar-refractivity contribution < 1.29 is 19.0 Å². The molecule has 0 aliphatic heterocycles. The molecule has 1 saturated carbocycles. The molecule has 0 heterocycles. The molecule has 82 valence electrons. The van der Waals surface area contributed by atoms with Crippen molar-refractivity contribution in [2.24, 2.45) is 5.92 Å². The Balaban J connectivity index is 2.37. The van der Waals surface area contributed by atoms with Gasteiger partial charge in [0.15, 0.2) is 0 Å². The van der Waals surface area contributed by atoms with Gasteiger partial charge in [-0.15, -0.1) is 0 Å². The summed E-state index contributed by atoms with van der Waals surface area (Å²) in [6, 6.07) is 3.23. The standard InChI is InChI=1S/C11H12F2O2/c12-9-1-7(2-10(13)3-9)11(6-15)4-8(11)5-14/h1-3,8,14-15H,4-6H2/t8-,11+/m0/s1. The molecule has 4 heteroatoms. The zero-order valence-electron chi connectivity index (χ0n) is 8.08. The van der Waals surface area contributed by atoms with E-state index >= 15 is 0 Å². The largest absolute Gasteiger partial charge is 0.396 e. The van der Waals surface area contributed by atoms with Crippen LogP contribution in [0.2, 0.25) is 0 Å². The van der Waals surface area contributed by atoms with Crippen LogP contribution in [0.4, 0.5) is 8.78 Å². The van der Waals surface area contributed by atoms with Crippen molar-refractivity contribution in [1.82, 2.24) is 0 Å². The molecule has 0 aromatic heterocycles. The van der Waals surface area contributed by atoms with Crippen LogP contribution in [0.25, 0.3) is 0 Å². The molecule has 0 bridgehead atoms. The highest BCUT2D eigenvalue weighted by molar-refractivity contribution is 5.34.